The minimum Gasteiger partial charge on any atom is -0.490 e. The molecular weight excluding hydrogens is 352 g/mol. The van der Waals surface area contributed by atoms with Crippen molar-refractivity contribution in [3.63, 3.8) is 0 Å². The van der Waals surface area contributed by atoms with E-state index in [9.17, 15) is 0 Å². The lowest BCUT2D eigenvalue weighted by Crippen LogP contribution is -2.51. The summed E-state index contributed by atoms with van der Waals surface area (Å²) in [6, 6.07) is 7.96. The van der Waals surface area contributed by atoms with Crippen LogP contribution in [0.3, 0.4) is 0 Å². The summed E-state index contributed by atoms with van der Waals surface area (Å²) in [6.07, 6.45) is 14.7. The van der Waals surface area contributed by atoms with Crippen LogP contribution >= 0.6 is 11.6 Å². The molecule has 0 bridgehead atoms. The molecule has 0 unspecified atom stereocenters. The van der Waals surface area contributed by atoms with E-state index >= 15 is 0 Å². The van der Waals surface area contributed by atoms with Crippen molar-refractivity contribution in [2.24, 2.45) is 34.5 Å². The first-order chi connectivity index (χ1) is 13.0. The zero-order valence-electron chi connectivity index (χ0n) is 17.1. The highest BCUT2D eigenvalue weighted by molar-refractivity contribution is 6.30. The maximum atomic E-state index is 6.44. The molecule has 1 nitrogen and oxygen atoms in total. The Morgan fingerprint density at radius 2 is 1.74 bits per heavy atom. The summed E-state index contributed by atoms with van der Waals surface area (Å²) in [5.74, 6) is 4.80. The second kappa shape index (κ2) is 6.68. The van der Waals surface area contributed by atoms with E-state index in [1.54, 1.807) is 0 Å². The Kier molecular flexibility index (Phi) is 4.54. The number of ether oxygens (including phenoxy) is 1. The molecule has 0 amide bonds. The molecule has 1 aromatic carbocycles. The molecule has 0 saturated heterocycles. The minimum absolute atomic E-state index is 0.386. The van der Waals surface area contributed by atoms with Gasteiger partial charge in [-0.15, -0.1) is 0 Å². The predicted molar refractivity (Wildman–Crippen MR) is 112 cm³/mol. The van der Waals surface area contributed by atoms with E-state index < -0.39 is 0 Å². The van der Waals surface area contributed by atoms with Crippen LogP contribution < -0.4 is 4.74 Å². The van der Waals surface area contributed by atoms with E-state index in [1.807, 2.05) is 24.3 Å². The maximum Gasteiger partial charge on any atom is 0.119 e. The molecular formula is C25H35ClO. The molecule has 4 aliphatic carbocycles. The number of hydrogen-bond donors (Lipinski definition) is 0. The minimum atomic E-state index is 0.386. The van der Waals surface area contributed by atoms with Crippen LogP contribution in [0.1, 0.15) is 78.1 Å². The summed E-state index contributed by atoms with van der Waals surface area (Å²) >= 11 is 6.04. The third-order valence-corrected chi connectivity index (χ3v) is 9.68. The van der Waals surface area contributed by atoms with Gasteiger partial charge in [-0.25, -0.2) is 0 Å². The Balaban J connectivity index is 1.34. The fourth-order valence-corrected chi connectivity index (χ4v) is 8.21. The van der Waals surface area contributed by atoms with Crippen LogP contribution in [0.25, 0.3) is 0 Å². The largest absolute Gasteiger partial charge is 0.490 e. The van der Waals surface area contributed by atoms with Crippen molar-refractivity contribution in [1.29, 1.82) is 0 Å². The van der Waals surface area contributed by atoms with Gasteiger partial charge in [0.1, 0.15) is 5.75 Å². The summed E-state index contributed by atoms with van der Waals surface area (Å²) < 4.78 is 6.44. The van der Waals surface area contributed by atoms with Crippen LogP contribution in [-0.2, 0) is 0 Å². The fraction of sp³-hybridized carbons (Fsp3) is 0.760. The lowest BCUT2D eigenvalue weighted by Gasteiger charge is -2.59. The molecule has 4 fully saturated rings. The maximum absolute atomic E-state index is 6.44. The first-order valence-corrected chi connectivity index (χ1v) is 11.8. The van der Waals surface area contributed by atoms with Gasteiger partial charge in [0, 0.05) is 5.02 Å². The van der Waals surface area contributed by atoms with Gasteiger partial charge in [-0.05, 0) is 110 Å². The van der Waals surface area contributed by atoms with Crippen LogP contribution in [-0.4, -0.2) is 6.10 Å². The smallest absolute Gasteiger partial charge is 0.119 e. The topological polar surface area (TPSA) is 9.23 Å². The highest BCUT2D eigenvalue weighted by Crippen LogP contribution is 2.66. The van der Waals surface area contributed by atoms with Gasteiger partial charge in [0.15, 0.2) is 0 Å². The number of benzene rings is 1. The number of fused-ring (bicyclic) bond motifs is 5. The van der Waals surface area contributed by atoms with E-state index in [0.29, 0.717) is 16.9 Å². The Hall–Kier alpha value is -0.690. The van der Waals surface area contributed by atoms with Gasteiger partial charge in [0.05, 0.1) is 6.10 Å². The second-order valence-electron chi connectivity index (χ2n) is 10.7. The second-order valence-corrected chi connectivity index (χ2v) is 11.2. The van der Waals surface area contributed by atoms with Crippen LogP contribution in [0.15, 0.2) is 24.3 Å². The van der Waals surface area contributed by atoms with E-state index in [2.05, 4.69) is 13.8 Å². The molecule has 0 spiro atoms. The SMILES string of the molecule is C[C@]12CC[C@H]3[C@@H](CC[C@H]4CCCC[C@@]43C)[C@@H]1C[C@H](Oc1ccc(Cl)cc1)C2. The van der Waals surface area contributed by atoms with E-state index in [4.69, 9.17) is 16.3 Å². The molecule has 148 valence electrons. The van der Waals surface area contributed by atoms with Crippen LogP contribution in [0.4, 0.5) is 0 Å². The van der Waals surface area contributed by atoms with Gasteiger partial charge in [-0.3, -0.25) is 0 Å². The summed E-state index contributed by atoms with van der Waals surface area (Å²) in [5.41, 5.74) is 1.13. The highest BCUT2D eigenvalue weighted by Gasteiger charge is 2.58. The van der Waals surface area contributed by atoms with E-state index in [0.717, 1.165) is 34.4 Å². The van der Waals surface area contributed by atoms with Crippen molar-refractivity contribution in [2.75, 3.05) is 0 Å². The van der Waals surface area contributed by atoms with Crippen molar-refractivity contribution in [3.05, 3.63) is 29.3 Å². The summed E-state index contributed by atoms with van der Waals surface area (Å²) in [4.78, 5) is 0. The highest BCUT2D eigenvalue weighted by atomic mass is 35.5. The van der Waals surface area contributed by atoms with Crippen molar-refractivity contribution in [2.45, 2.75) is 84.2 Å². The van der Waals surface area contributed by atoms with Gasteiger partial charge in [-0.2, -0.15) is 0 Å². The van der Waals surface area contributed by atoms with Crippen molar-refractivity contribution >= 4 is 11.6 Å². The Morgan fingerprint density at radius 3 is 2.56 bits per heavy atom. The molecule has 0 N–H and O–H groups in total. The van der Waals surface area contributed by atoms with Gasteiger partial charge >= 0.3 is 0 Å². The normalized spacial score (nSPS) is 46.3. The molecule has 1 aromatic rings. The molecule has 5 rings (SSSR count). The number of rotatable bonds is 2. The van der Waals surface area contributed by atoms with Gasteiger partial charge in [-0.1, -0.05) is 38.3 Å². The zero-order chi connectivity index (χ0) is 18.6. The fourth-order valence-electron chi connectivity index (χ4n) is 8.08. The molecule has 0 radical (unpaired) electrons. The molecule has 4 saturated carbocycles. The molecule has 0 heterocycles. The summed E-state index contributed by atoms with van der Waals surface area (Å²) in [7, 11) is 0. The average Bonchev–Trinajstić information content (AvgIpc) is 2.99. The monoisotopic (exact) mass is 386 g/mol. The van der Waals surface area contributed by atoms with Gasteiger partial charge in [0.25, 0.3) is 0 Å². The van der Waals surface area contributed by atoms with E-state index in [-0.39, 0.29) is 0 Å². The Morgan fingerprint density at radius 1 is 0.926 bits per heavy atom. The van der Waals surface area contributed by atoms with Crippen molar-refractivity contribution in [1.82, 2.24) is 0 Å². The molecule has 0 aliphatic heterocycles. The van der Waals surface area contributed by atoms with Crippen molar-refractivity contribution in [3.8, 4) is 5.75 Å². The standard InChI is InChI=1S/C25H35ClO/c1-24-14-12-22-21(11-6-17-5-3-4-13-25(17,22)2)23(24)15-20(16-24)27-19-9-7-18(26)8-10-19/h7-10,17,20-23H,3-6,11-16H2,1-2H3/t17-,20+,21-,22+,23+,24-,25+/m1/s1. The number of hydrogen-bond acceptors (Lipinski definition) is 1. The lowest BCUT2D eigenvalue weighted by molar-refractivity contribution is -0.103. The first kappa shape index (κ1) is 18.3. The Bertz CT molecular complexity index is 684. The van der Waals surface area contributed by atoms with Crippen molar-refractivity contribution < 1.29 is 4.74 Å². The molecule has 27 heavy (non-hydrogen) atoms. The average molecular weight is 387 g/mol. The molecule has 2 heteroatoms. The third-order valence-electron chi connectivity index (χ3n) is 9.43. The molecule has 0 aromatic heterocycles. The van der Waals surface area contributed by atoms with Crippen LogP contribution in [0, 0.1) is 34.5 Å². The van der Waals surface area contributed by atoms with E-state index in [1.165, 1.54) is 64.2 Å². The van der Waals surface area contributed by atoms with Crippen LogP contribution in [0.5, 0.6) is 5.75 Å². The summed E-state index contributed by atoms with van der Waals surface area (Å²) in [5, 5.41) is 0.787. The molecule has 7 atom stereocenters. The third kappa shape index (κ3) is 3.04. The lowest BCUT2D eigenvalue weighted by atomic mass is 9.45. The summed E-state index contributed by atoms with van der Waals surface area (Å²) in [6.45, 7) is 5.25. The van der Waals surface area contributed by atoms with Gasteiger partial charge < -0.3 is 4.74 Å². The zero-order valence-corrected chi connectivity index (χ0v) is 17.8. The van der Waals surface area contributed by atoms with Crippen LogP contribution in [0.2, 0.25) is 5.02 Å². The first-order valence-electron chi connectivity index (χ1n) is 11.4. The Labute approximate surface area is 170 Å². The quantitative estimate of drug-likeness (QED) is 0.510. The predicted octanol–water partition coefficient (Wildman–Crippen LogP) is 7.52. The number of halogens is 1. The molecule has 4 aliphatic rings. The van der Waals surface area contributed by atoms with Gasteiger partial charge in [0.2, 0.25) is 0 Å².